The second-order valence-corrected chi connectivity index (χ2v) is 4.79. The molecule has 0 aliphatic heterocycles. The molecule has 0 bridgehead atoms. The molecule has 1 aromatic carbocycles. The zero-order chi connectivity index (χ0) is 13.4. The number of hydrogen-bond donors (Lipinski definition) is 2. The van der Waals surface area contributed by atoms with Crippen LogP contribution in [-0.4, -0.2) is 19.0 Å². The monoisotopic (exact) mass is 248 g/mol. The molecule has 1 amide bonds. The largest absolute Gasteiger partial charge is 0.352 e. The lowest BCUT2D eigenvalue weighted by Gasteiger charge is -2.09. The first-order valence-electron chi connectivity index (χ1n) is 6.74. The van der Waals surface area contributed by atoms with Crippen LogP contribution in [0.2, 0.25) is 0 Å². The third kappa shape index (κ3) is 4.88. The minimum atomic E-state index is 0.0121. The van der Waals surface area contributed by atoms with E-state index < -0.39 is 0 Å². The van der Waals surface area contributed by atoms with Crippen LogP contribution in [0.5, 0.6) is 0 Å². The summed E-state index contributed by atoms with van der Waals surface area (Å²) in [6.07, 6.45) is 3.04. The fourth-order valence-corrected chi connectivity index (χ4v) is 1.76. The third-order valence-corrected chi connectivity index (χ3v) is 3.19. The predicted octanol–water partition coefficient (Wildman–Crippen LogP) is 2.35. The molecule has 0 saturated carbocycles. The first kappa shape index (κ1) is 14.7. The minimum absolute atomic E-state index is 0.0121. The van der Waals surface area contributed by atoms with Crippen LogP contribution in [-0.2, 0) is 6.42 Å². The lowest BCUT2D eigenvalue weighted by atomic mass is 10.1. The van der Waals surface area contributed by atoms with Crippen molar-refractivity contribution < 1.29 is 4.79 Å². The van der Waals surface area contributed by atoms with Crippen molar-refractivity contribution in [1.82, 2.24) is 5.32 Å². The van der Waals surface area contributed by atoms with E-state index in [1.807, 2.05) is 24.3 Å². The van der Waals surface area contributed by atoms with Crippen molar-refractivity contribution in [2.75, 3.05) is 13.1 Å². The highest BCUT2D eigenvalue weighted by molar-refractivity contribution is 5.94. The highest BCUT2D eigenvalue weighted by Crippen LogP contribution is 2.05. The zero-order valence-electron chi connectivity index (χ0n) is 11.4. The lowest BCUT2D eigenvalue weighted by Crippen LogP contribution is -2.25. The molecule has 1 atom stereocenters. The summed E-state index contributed by atoms with van der Waals surface area (Å²) in [6.45, 7) is 5.67. The van der Waals surface area contributed by atoms with E-state index in [1.165, 1.54) is 5.56 Å². The molecule has 3 N–H and O–H groups in total. The average Bonchev–Trinajstić information content (AvgIpc) is 2.43. The predicted molar refractivity (Wildman–Crippen MR) is 75.6 cm³/mol. The number of carbonyl (C=O) groups is 1. The van der Waals surface area contributed by atoms with Crippen LogP contribution in [0.1, 0.15) is 42.6 Å². The summed E-state index contributed by atoms with van der Waals surface area (Å²) in [4.78, 5) is 11.8. The second-order valence-electron chi connectivity index (χ2n) is 4.79. The van der Waals surface area contributed by atoms with E-state index in [2.05, 4.69) is 19.2 Å². The molecule has 3 nitrogen and oxygen atoms in total. The standard InChI is InChI=1S/C15H24N2O/c1-3-13-6-8-14(9-7-13)15(18)17-10-4-5-12(2)11-16/h6-9,12H,3-5,10-11,16H2,1-2H3,(H,17,18). The Morgan fingerprint density at radius 1 is 1.33 bits per heavy atom. The summed E-state index contributed by atoms with van der Waals surface area (Å²) < 4.78 is 0. The molecule has 0 aromatic heterocycles. The van der Waals surface area contributed by atoms with Crippen molar-refractivity contribution in [2.45, 2.75) is 33.1 Å². The number of amides is 1. The topological polar surface area (TPSA) is 55.1 Å². The van der Waals surface area contributed by atoms with Gasteiger partial charge in [0.1, 0.15) is 0 Å². The number of nitrogens with two attached hydrogens (primary N) is 1. The van der Waals surface area contributed by atoms with Gasteiger partial charge in [0.2, 0.25) is 0 Å². The van der Waals surface area contributed by atoms with Crippen molar-refractivity contribution in [3.63, 3.8) is 0 Å². The molecule has 1 aromatic rings. The van der Waals surface area contributed by atoms with Crippen molar-refractivity contribution in [1.29, 1.82) is 0 Å². The summed E-state index contributed by atoms with van der Waals surface area (Å²) in [5, 5.41) is 2.94. The van der Waals surface area contributed by atoms with E-state index in [0.29, 0.717) is 12.5 Å². The van der Waals surface area contributed by atoms with Crippen molar-refractivity contribution in [2.24, 2.45) is 11.7 Å². The van der Waals surface area contributed by atoms with Crippen LogP contribution in [0.3, 0.4) is 0 Å². The highest BCUT2D eigenvalue weighted by Gasteiger charge is 2.05. The molecule has 1 rings (SSSR count). The maximum atomic E-state index is 11.8. The van der Waals surface area contributed by atoms with Gasteiger partial charge in [-0.1, -0.05) is 26.0 Å². The summed E-state index contributed by atoms with van der Waals surface area (Å²) in [5.41, 5.74) is 7.53. The molecule has 0 fully saturated rings. The molecule has 0 radical (unpaired) electrons. The normalized spacial score (nSPS) is 12.2. The van der Waals surface area contributed by atoms with E-state index in [9.17, 15) is 4.79 Å². The molecule has 0 saturated heterocycles. The van der Waals surface area contributed by atoms with Gasteiger partial charge in [-0.3, -0.25) is 4.79 Å². The Morgan fingerprint density at radius 3 is 2.56 bits per heavy atom. The molecular weight excluding hydrogens is 224 g/mol. The van der Waals surface area contributed by atoms with E-state index in [4.69, 9.17) is 5.73 Å². The first-order valence-corrected chi connectivity index (χ1v) is 6.74. The van der Waals surface area contributed by atoms with Gasteiger partial charge < -0.3 is 11.1 Å². The Bertz CT molecular complexity index is 359. The first-order chi connectivity index (χ1) is 8.67. The van der Waals surface area contributed by atoms with E-state index in [-0.39, 0.29) is 5.91 Å². The summed E-state index contributed by atoms with van der Waals surface area (Å²) in [7, 11) is 0. The van der Waals surface area contributed by atoms with Gasteiger partial charge in [-0.05, 0) is 49.4 Å². The fourth-order valence-electron chi connectivity index (χ4n) is 1.76. The van der Waals surface area contributed by atoms with Crippen LogP contribution >= 0.6 is 0 Å². The van der Waals surface area contributed by atoms with E-state index >= 15 is 0 Å². The highest BCUT2D eigenvalue weighted by atomic mass is 16.1. The van der Waals surface area contributed by atoms with Crippen LogP contribution in [0.4, 0.5) is 0 Å². The van der Waals surface area contributed by atoms with Gasteiger partial charge in [-0.2, -0.15) is 0 Å². The number of rotatable bonds is 7. The van der Waals surface area contributed by atoms with Crippen LogP contribution in [0.25, 0.3) is 0 Å². The Hall–Kier alpha value is -1.35. The Kier molecular flexibility index (Phi) is 6.44. The Balaban J connectivity index is 2.31. The molecule has 0 spiro atoms. The maximum Gasteiger partial charge on any atom is 0.251 e. The number of benzene rings is 1. The number of nitrogens with one attached hydrogen (secondary N) is 1. The molecule has 0 aliphatic rings. The van der Waals surface area contributed by atoms with Gasteiger partial charge in [-0.25, -0.2) is 0 Å². The van der Waals surface area contributed by atoms with Gasteiger partial charge in [0, 0.05) is 12.1 Å². The van der Waals surface area contributed by atoms with Gasteiger partial charge in [0.25, 0.3) is 5.91 Å². The minimum Gasteiger partial charge on any atom is -0.352 e. The van der Waals surface area contributed by atoms with Crippen molar-refractivity contribution in [3.8, 4) is 0 Å². The maximum absolute atomic E-state index is 11.8. The number of hydrogen-bond acceptors (Lipinski definition) is 2. The second kappa shape index (κ2) is 7.88. The van der Waals surface area contributed by atoms with E-state index in [0.717, 1.165) is 31.4 Å². The number of aryl methyl sites for hydroxylation is 1. The van der Waals surface area contributed by atoms with Gasteiger partial charge in [0.05, 0.1) is 0 Å². The van der Waals surface area contributed by atoms with Crippen LogP contribution < -0.4 is 11.1 Å². The van der Waals surface area contributed by atoms with Gasteiger partial charge in [0.15, 0.2) is 0 Å². The van der Waals surface area contributed by atoms with Crippen LogP contribution in [0.15, 0.2) is 24.3 Å². The fraction of sp³-hybridized carbons (Fsp3) is 0.533. The molecule has 0 aliphatic carbocycles. The van der Waals surface area contributed by atoms with E-state index in [1.54, 1.807) is 0 Å². The molecule has 18 heavy (non-hydrogen) atoms. The van der Waals surface area contributed by atoms with Crippen molar-refractivity contribution in [3.05, 3.63) is 35.4 Å². The molecular formula is C15H24N2O. The summed E-state index contributed by atoms with van der Waals surface area (Å²) >= 11 is 0. The molecule has 100 valence electrons. The molecule has 3 heteroatoms. The van der Waals surface area contributed by atoms with Crippen molar-refractivity contribution >= 4 is 5.91 Å². The Labute approximate surface area is 110 Å². The number of carbonyl (C=O) groups excluding carboxylic acids is 1. The summed E-state index contributed by atoms with van der Waals surface area (Å²) in [5.74, 6) is 0.545. The quantitative estimate of drug-likeness (QED) is 0.728. The van der Waals surface area contributed by atoms with Gasteiger partial charge in [-0.15, -0.1) is 0 Å². The van der Waals surface area contributed by atoms with Gasteiger partial charge >= 0.3 is 0 Å². The Morgan fingerprint density at radius 2 is 2.00 bits per heavy atom. The molecule has 0 heterocycles. The third-order valence-electron chi connectivity index (χ3n) is 3.19. The molecule has 1 unspecified atom stereocenters. The zero-order valence-corrected chi connectivity index (χ0v) is 11.4. The average molecular weight is 248 g/mol. The SMILES string of the molecule is CCc1ccc(C(=O)NCCCC(C)CN)cc1. The lowest BCUT2D eigenvalue weighted by molar-refractivity contribution is 0.0952. The van der Waals surface area contributed by atoms with Crippen LogP contribution in [0, 0.1) is 5.92 Å². The smallest absolute Gasteiger partial charge is 0.251 e. The summed E-state index contributed by atoms with van der Waals surface area (Å²) in [6, 6.07) is 7.78.